The first-order valence-electron chi connectivity index (χ1n) is 10.3. The number of hydrogen-bond donors (Lipinski definition) is 1. The van der Waals surface area contributed by atoms with Crippen molar-refractivity contribution in [3.05, 3.63) is 11.8 Å². The van der Waals surface area contributed by atoms with Gasteiger partial charge in [-0.25, -0.2) is 0 Å². The molecule has 1 aliphatic heterocycles. The van der Waals surface area contributed by atoms with E-state index in [0.29, 0.717) is 25.9 Å². The zero-order valence-corrected chi connectivity index (χ0v) is 19.3. The van der Waals surface area contributed by atoms with Crippen LogP contribution in [0, 0.1) is 5.92 Å². The van der Waals surface area contributed by atoms with E-state index in [4.69, 9.17) is 9.16 Å². The van der Waals surface area contributed by atoms with E-state index in [-0.39, 0.29) is 28.8 Å². The molecule has 0 bridgehead atoms. The van der Waals surface area contributed by atoms with Crippen LogP contribution in [-0.4, -0.2) is 39.3 Å². The van der Waals surface area contributed by atoms with Crippen LogP contribution in [0.5, 0.6) is 0 Å². The predicted molar refractivity (Wildman–Crippen MR) is 112 cm³/mol. The third-order valence-electron chi connectivity index (χ3n) is 5.66. The van der Waals surface area contributed by atoms with Gasteiger partial charge in [0.05, 0.1) is 6.61 Å². The van der Waals surface area contributed by atoms with E-state index in [9.17, 15) is 9.59 Å². The van der Waals surface area contributed by atoms with Gasteiger partial charge in [-0.15, -0.1) is 0 Å². The van der Waals surface area contributed by atoms with Gasteiger partial charge in [-0.3, -0.25) is 9.59 Å². The molecule has 27 heavy (non-hydrogen) atoms. The fraction of sp³-hybridized carbons (Fsp3) is 0.810. The van der Waals surface area contributed by atoms with Gasteiger partial charge in [0.15, 0.2) is 14.1 Å². The molecule has 1 rings (SSSR count). The average molecular weight is 398 g/mol. The van der Waals surface area contributed by atoms with Crippen LogP contribution in [-0.2, 0) is 18.8 Å². The molecule has 0 aromatic carbocycles. The summed E-state index contributed by atoms with van der Waals surface area (Å²) in [7, 11) is -2.00. The molecule has 6 heteroatoms. The highest BCUT2D eigenvalue weighted by Gasteiger charge is 2.40. The van der Waals surface area contributed by atoms with Gasteiger partial charge in [-0.05, 0) is 50.2 Å². The quantitative estimate of drug-likeness (QED) is 0.332. The number of ether oxygens (including phenoxy) is 1. The van der Waals surface area contributed by atoms with E-state index in [1.807, 2.05) is 6.92 Å². The number of nitrogens with one attached hydrogen (secondary N) is 1. The molecule has 156 valence electrons. The van der Waals surface area contributed by atoms with E-state index >= 15 is 0 Å². The van der Waals surface area contributed by atoms with Crippen LogP contribution < -0.4 is 5.32 Å². The molecule has 1 heterocycles. The topological polar surface area (TPSA) is 64.6 Å². The van der Waals surface area contributed by atoms with Crippen molar-refractivity contribution in [1.82, 2.24) is 5.32 Å². The minimum Gasteiger partial charge on any atom is -0.466 e. The van der Waals surface area contributed by atoms with Crippen molar-refractivity contribution in [3.8, 4) is 0 Å². The van der Waals surface area contributed by atoms with Crippen molar-refractivity contribution in [2.24, 2.45) is 5.92 Å². The van der Waals surface area contributed by atoms with Gasteiger partial charge in [-0.2, -0.15) is 0 Å². The van der Waals surface area contributed by atoms with Gasteiger partial charge >= 0.3 is 5.97 Å². The SMILES string of the molecule is CCOC(=O)CC[C@@H](O[Si](C)(C)C(C)(C)C)[C@@H](C)CC(=O)/C=C1\CCCN1. The van der Waals surface area contributed by atoms with Crippen LogP contribution in [0.3, 0.4) is 0 Å². The third kappa shape index (κ3) is 8.17. The number of hydrogen-bond acceptors (Lipinski definition) is 5. The predicted octanol–water partition coefficient (Wildman–Crippen LogP) is 4.58. The summed E-state index contributed by atoms with van der Waals surface area (Å²) in [6.07, 6.45) is 5.03. The number of ketones is 1. The van der Waals surface area contributed by atoms with E-state index in [1.54, 1.807) is 6.08 Å². The number of esters is 1. The summed E-state index contributed by atoms with van der Waals surface area (Å²) in [4.78, 5) is 24.3. The van der Waals surface area contributed by atoms with E-state index in [0.717, 1.165) is 25.1 Å². The van der Waals surface area contributed by atoms with Crippen LogP contribution >= 0.6 is 0 Å². The van der Waals surface area contributed by atoms with Gasteiger partial charge in [0.2, 0.25) is 0 Å². The summed E-state index contributed by atoms with van der Waals surface area (Å²) >= 11 is 0. The monoisotopic (exact) mass is 397 g/mol. The van der Waals surface area contributed by atoms with Crippen LogP contribution in [0.2, 0.25) is 18.1 Å². The van der Waals surface area contributed by atoms with Gasteiger partial charge in [0.25, 0.3) is 0 Å². The van der Waals surface area contributed by atoms with Crippen molar-refractivity contribution >= 4 is 20.1 Å². The molecule has 0 amide bonds. The molecule has 1 aliphatic rings. The highest BCUT2D eigenvalue weighted by molar-refractivity contribution is 6.74. The van der Waals surface area contributed by atoms with Crippen LogP contribution in [0.1, 0.15) is 66.7 Å². The van der Waals surface area contributed by atoms with Crippen LogP contribution in [0.15, 0.2) is 11.8 Å². The molecular weight excluding hydrogens is 358 g/mol. The second kappa shape index (κ2) is 10.4. The Hall–Kier alpha value is -1.14. The Balaban J connectivity index is 2.79. The molecule has 2 atom stereocenters. The Morgan fingerprint density at radius 3 is 2.48 bits per heavy atom. The number of carbonyl (C=O) groups excluding carboxylic acids is 2. The minimum atomic E-state index is -2.00. The molecule has 0 spiro atoms. The number of carbonyl (C=O) groups is 2. The summed E-state index contributed by atoms with van der Waals surface area (Å²) in [5.41, 5.74) is 1.04. The van der Waals surface area contributed by atoms with E-state index in [2.05, 4.69) is 46.1 Å². The highest BCUT2D eigenvalue weighted by atomic mass is 28.4. The lowest BCUT2D eigenvalue weighted by atomic mass is 9.94. The number of allylic oxidation sites excluding steroid dienone is 2. The average Bonchev–Trinajstić information content (AvgIpc) is 3.03. The first-order chi connectivity index (χ1) is 12.5. The fourth-order valence-electron chi connectivity index (χ4n) is 2.95. The first-order valence-corrected chi connectivity index (χ1v) is 13.2. The smallest absolute Gasteiger partial charge is 0.305 e. The highest BCUT2D eigenvalue weighted by Crippen LogP contribution is 2.39. The zero-order valence-electron chi connectivity index (χ0n) is 18.3. The Morgan fingerprint density at radius 1 is 1.30 bits per heavy atom. The summed E-state index contributed by atoms with van der Waals surface area (Å²) in [5, 5.41) is 3.33. The molecule has 0 saturated carbocycles. The van der Waals surface area contributed by atoms with Gasteiger partial charge < -0.3 is 14.5 Å². The van der Waals surface area contributed by atoms with Gasteiger partial charge in [-0.1, -0.05) is 27.7 Å². The Labute approximate surface area is 166 Å². The second-order valence-corrected chi connectivity index (χ2v) is 13.9. The Kier molecular flexibility index (Phi) is 9.22. The molecule has 1 N–H and O–H groups in total. The second-order valence-electron chi connectivity index (χ2n) is 9.11. The summed E-state index contributed by atoms with van der Waals surface area (Å²) in [6, 6.07) is 0. The molecule has 1 saturated heterocycles. The van der Waals surface area contributed by atoms with Gasteiger partial charge in [0, 0.05) is 37.3 Å². The lowest BCUT2D eigenvalue weighted by Gasteiger charge is -2.41. The fourth-order valence-corrected chi connectivity index (χ4v) is 4.41. The van der Waals surface area contributed by atoms with Crippen molar-refractivity contribution < 1.29 is 18.8 Å². The molecule has 1 fully saturated rings. The van der Waals surface area contributed by atoms with Crippen LogP contribution in [0.4, 0.5) is 0 Å². The maximum absolute atomic E-state index is 12.5. The summed E-state index contributed by atoms with van der Waals surface area (Å²) < 4.78 is 11.7. The molecule has 0 radical (unpaired) electrons. The van der Waals surface area contributed by atoms with Gasteiger partial charge in [0.1, 0.15) is 0 Å². The van der Waals surface area contributed by atoms with Crippen molar-refractivity contribution in [3.63, 3.8) is 0 Å². The molecule has 0 aromatic heterocycles. The molecule has 0 unspecified atom stereocenters. The summed E-state index contributed by atoms with van der Waals surface area (Å²) in [5.74, 6) is -0.0108. The minimum absolute atomic E-state index is 0.0549. The number of rotatable bonds is 10. The lowest BCUT2D eigenvalue weighted by molar-refractivity contribution is -0.143. The Morgan fingerprint density at radius 2 is 1.96 bits per heavy atom. The van der Waals surface area contributed by atoms with E-state index < -0.39 is 8.32 Å². The van der Waals surface area contributed by atoms with Crippen LogP contribution in [0.25, 0.3) is 0 Å². The Bertz CT molecular complexity index is 529. The normalized spacial score (nSPS) is 18.9. The first kappa shape index (κ1) is 23.9. The van der Waals surface area contributed by atoms with Crippen molar-refractivity contribution in [1.29, 1.82) is 0 Å². The molecule has 0 aliphatic carbocycles. The van der Waals surface area contributed by atoms with E-state index in [1.165, 1.54) is 0 Å². The molecule has 0 aromatic rings. The third-order valence-corrected chi connectivity index (χ3v) is 10.2. The van der Waals surface area contributed by atoms with Crippen molar-refractivity contribution in [2.45, 2.75) is 91.0 Å². The molecule has 5 nitrogen and oxygen atoms in total. The van der Waals surface area contributed by atoms with Crippen molar-refractivity contribution in [2.75, 3.05) is 13.2 Å². The zero-order chi connectivity index (χ0) is 20.7. The standard InChI is InChI=1S/C21H39NO4Si/c1-8-25-20(24)12-11-19(26-27(6,7)21(3,4)5)16(2)14-18(23)15-17-10-9-13-22-17/h15-16,19,22H,8-14H2,1-7H3/b17-15+/t16-,19+/m0/s1. The lowest BCUT2D eigenvalue weighted by Crippen LogP contribution is -2.45. The largest absolute Gasteiger partial charge is 0.466 e. The maximum Gasteiger partial charge on any atom is 0.305 e. The molecular formula is C21H39NO4Si. The maximum atomic E-state index is 12.5. The summed E-state index contributed by atoms with van der Waals surface area (Å²) in [6.45, 7) is 16.2.